The highest BCUT2D eigenvalue weighted by atomic mass is 15.1. The zero-order valence-corrected chi connectivity index (χ0v) is 39.5. The van der Waals surface area contributed by atoms with Crippen molar-refractivity contribution in [3.8, 4) is 62.9 Å². The molecule has 0 saturated heterocycles. The summed E-state index contributed by atoms with van der Waals surface area (Å²) in [6, 6.07) is 93.9. The second-order valence-corrected chi connectivity index (χ2v) is 17.7. The van der Waals surface area contributed by atoms with Crippen LogP contribution in [0.2, 0.25) is 0 Å². The maximum Gasteiger partial charge on any atom is 0.160 e. The molecular weight excluding hydrogens is 891 g/mol. The predicted molar refractivity (Wildman–Crippen MR) is 297 cm³/mol. The molecule has 0 radical (unpaired) electrons. The fourth-order valence-electron chi connectivity index (χ4n) is 9.68. The molecule has 342 valence electrons. The first-order chi connectivity index (χ1) is 36.1. The van der Waals surface area contributed by atoms with Crippen LogP contribution in [0.3, 0.4) is 0 Å². The zero-order valence-electron chi connectivity index (χ0n) is 39.5. The maximum absolute atomic E-state index is 9.68. The van der Waals surface area contributed by atoms with E-state index in [0.29, 0.717) is 17.0 Å². The van der Waals surface area contributed by atoms with Crippen molar-refractivity contribution in [2.75, 3.05) is 9.80 Å². The van der Waals surface area contributed by atoms with Gasteiger partial charge in [0.1, 0.15) is 0 Å². The third-order valence-corrected chi connectivity index (χ3v) is 13.3. The molecule has 0 fully saturated rings. The number of nitriles is 2. The van der Waals surface area contributed by atoms with E-state index in [0.717, 1.165) is 101 Å². The van der Waals surface area contributed by atoms with Gasteiger partial charge in [0.2, 0.25) is 0 Å². The predicted octanol–water partition coefficient (Wildman–Crippen LogP) is 16.9. The van der Waals surface area contributed by atoms with Crippen molar-refractivity contribution in [1.29, 1.82) is 10.5 Å². The summed E-state index contributed by atoms with van der Waals surface area (Å²) in [7, 11) is 0. The Labute approximate surface area is 423 Å². The van der Waals surface area contributed by atoms with Crippen molar-refractivity contribution in [2.24, 2.45) is 0 Å². The van der Waals surface area contributed by atoms with Gasteiger partial charge in [0, 0.05) is 67.3 Å². The number of fused-ring (bicyclic) bond motifs is 3. The highest BCUT2D eigenvalue weighted by Gasteiger charge is 2.21. The van der Waals surface area contributed by atoms with Crippen LogP contribution in [0.15, 0.2) is 261 Å². The van der Waals surface area contributed by atoms with Gasteiger partial charge >= 0.3 is 0 Å². The number of aromatic nitrogens is 3. The van der Waals surface area contributed by atoms with Gasteiger partial charge < -0.3 is 14.4 Å². The van der Waals surface area contributed by atoms with E-state index in [1.165, 1.54) is 0 Å². The molecule has 0 aliphatic carbocycles. The Kier molecular flexibility index (Phi) is 11.6. The van der Waals surface area contributed by atoms with E-state index in [4.69, 9.17) is 9.97 Å². The summed E-state index contributed by atoms with van der Waals surface area (Å²) >= 11 is 0. The largest absolute Gasteiger partial charge is 0.310 e. The van der Waals surface area contributed by atoms with E-state index in [9.17, 15) is 10.5 Å². The molecule has 0 unspecified atom stereocenters. The highest BCUT2D eigenvalue weighted by Crippen LogP contribution is 2.43. The number of hydrogen-bond donors (Lipinski definition) is 0. The van der Waals surface area contributed by atoms with Crippen molar-refractivity contribution < 1.29 is 0 Å². The van der Waals surface area contributed by atoms with Gasteiger partial charge in [-0.2, -0.15) is 10.5 Å². The molecule has 2 heterocycles. The lowest BCUT2D eigenvalue weighted by molar-refractivity contribution is 1.18. The Morgan fingerprint density at radius 1 is 0.315 bits per heavy atom. The van der Waals surface area contributed by atoms with Crippen molar-refractivity contribution in [2.45, 2.75) is 0 Å². The van der Waals surface area contributed by atoms with E-state index < -0.39 is 0 Å². The average molecular weight is 934 g/mol. The van der Waals surface area contributed by atoms with E-state index in [-0.39, 0.29) is 0 Å². The van der Waals surface area contributed by atoms with Gasteiger partial charge in [0.15, 0.2) is 5.82 Å². The van der Waals surface area contributed by atoms with Crippen molar-refractivity contribution in [3.05, 3.63) is 272 Å². The van der Waals surface area contributed by atoms with Crippen LogP contribution in [-0.4, -0.2) is 14.5 Å². The van der Waals surface area contributed by atoms with Crippen LogP contribution in [-0.2, 0) is 0 Å². The summed E-state index contributed by atoms with van der Waals surface area (Å²) in [5.41, 5.74) is 17.1. The average Bonchev–Trinajstić information content (AvgIpc) is 3.79. The van der Waals surface area contributed by atoms with Crippen LogP contribution in [0.4, 0.5) is 34.1 Å². The van der Waals surface area contributed by atoms with Crippen LogP contribution < -0.4 is 9.80 Å². The van der Waals surface area contributed by atoms with Gasteiger partial charge in [-0.25, -0.2) is 9.97 Å². The Morgan fingerprint density at radius 2 is 0.671 bits per heavy atom. The molecule has 0 spiro atoms. The molecule has 0 saturated carbocycles. The number of nitrogens with zero attached hydrogens (tertiary/aromatic N) is 7. The van der Waals surface area contributed by atoms with E-state index in [2.05, 4.69) is 178 Å². The Morgan fingerprint density at radius 3 is 1.11 bits per heavy atom. The van der Waals surface area contributed by atoms with Crippen LogP contribution in [0.25, 0.3) is 72.5 Å². The summed E-state index contributed by atoms with van der Waals surface area (Å²) in [6.45, 7) is 0. The topological polar surface area (TPSA) is 84.8 Å². The number of hydrogen-bond acceptors (Lipinski definition) is 6. The van der Waals surface area contributed by atoms with Gasteiger partial charge in [-0.3, -0.25) is 0 Å². The normalized spacial score (nSPS) is 11.0. The molecule has 7 nitrogen and oxygen atoms in total. The van der Waals surface area contributed by atoms with Gasteiger partial charge in [0.25, 0.3) is 0 Å². The lowest BCUT2D eigenvalue weighted by atomic mass is 10.0. The molecule has 0 aliphatic heterocycles. The van der Waals surface area contributed by atoms with Gasteiger partial charge in [-0.05, 0) is 139 Å². The highest BCUT2D eigenvalue weighted by molar-refractivity contribution is 6.12. The van der Waals surface area contributed by atoms with Gasteiger partial charge in [0.05, 0.1) is 45.7 Å². The van der Waals surface area contributed by atoms with Crippen LogP contribution >= 0.6 is 0 Å². The van der Waals surface area contributed by atoms with Crippen molar-refractivity contribution >= 4 is 55.9 Å². The number of benzene rings is 10. The van der Waals surface area contributed by atoms with Crippen LogP contribution in [0, 0.1) is 22.7 Å². The zero-order chi connectivity index (χ0) is 49.1. The fraction of sp³-hybridized carbons (Fsp3) is 0. The third-order valence-electron chi connectivity index (χ3n) is 13.3. The van der Waals surface area contributed by atoms with Crippen molar-refractivity contribution in [3.63, 3.8) is 0 Å². The first-order valence-corrected chi connectivity index (χ1v) is 24.1. The molecule has 0 bridgehead atoms. The molecule has 0 aliphatic rings. The summed E-state index contributed by atoms with van der Waals surface area (Å²) < 4.78 is 2.35. The lowest BCUT2D eigenvalue weighted by Gasteiger charge is -2.26. The quantitative estimate of drug-likeness (QED) is 0.128. The van der Waals surface area contributed by atoms with Crippen molar-refractivity contribution in [1.82, 2.24) is 14.5 Å². The molecule has 0 amide bonds. The molecule has 0 N–H and O–H groups in total. The van der Waals surface area contributed by atoms with Crippen LogP contribution in [0.5, 0.6) is 0 Å². The Balaban J connectivity index is 0.963. The Hall–Kier alpha value is -10.3. The monoisotopic (exact) mass is 933 g/mol. The second-order valence-electron chi connectivity index (χ2n) is 17.7. The molecule has 10 aromatic carbocycles. The lowest BCUT2D eigenvalue weighted by Crippen LogP contribution is -2.10. The number of para-hydroxylation sites is 2. The van der Waals surface area contributed by atoms with E-state index >= 15 is 0 Å². The van der Waals surface area contributed by atoms with Crippen LogP contribution in [0.1, 0.15) is 11.1 Å². The summed E-state index contributed by atoms with van der Waals surface area (Å²) in [5, 5.41) is 21.5. The van der Waals surface area contributed by atoms with E-state index in [1.54, 1.807) is 0 Å². The molecule has 73 heavy (non-hydrogen) atoms. The smallest absolute Gasteiger partial charge is 0.160 e. The summed E-state index contributed by atoms with van der Waals surface area (Å²) in [4.78, 5) is 14.5. The second kappa shape index (κ2) is 19.2. The number of anilines is 6. The summed E-state index contributed by atoms with van der Waals surface area (Å²) in [6.07, 6.45) is 0. The first kappa shape index (κ1) is 43.9. The molecule has 12 aromatic rings. The van der Waals surface area contributed by atoms with Gasteiger partial charge in [-0.15, -0.1) is 0 Å². The first-order valence-electron chi connectivity index (χ1n) is 24.1. The molecule has 0 atom stereocenters. The molecule has 2 aromatic heterocycles. The minimum Gasteiger partial charge on any atom is -0.310 e. The standard InChI is InChI=1S/C66H43N7/c67-44-46-21-31-55(32-22-46)72(56-33-23-47(45-68)24-34-56)59-38-40-65-61(42-59)60-41-58(71(53-17-9-3-10-18-53)54-19-11-4-12-20-54)37-39-64(60)73(65)57-35-29-49(30-36-57)48-25-27-51(28-26-48)63-43-62(50-13-5-1-6-14-50)69-66(70-63)52-15-7-2-8-16-52/h1-43H. The summed E-state index contributed by atoms with van der Waals surface area (Å²) in [5.74, 6) is 0.689. The number of rotatable bonds is 11. The molecule has 7 heteroatoms. The molecular formula is C66H43N7. The maximum atomic E-state index is 9.68. The SMILES string of the molecule is N#Cc1ccc(N(c2ccc(C#N)cc2)c2ccc3c(c2)c2cc(N(c4ccccc4)c4ccccc4)ccc2n3-c2ccc(-c3ccc(-c4cc(-c5ccccc5)nc(-c5ccccc5)n4)cc3)cc2)cc1. The van der Waals surface area contributed by atoms with E-state index in [1.807, 2.05) is 109 Å². The minimum atomic E-state index is 0.580. The fourth-order valence-corrected chi connectivity index (χ4v) is 9.68. The third kappa shape index (κ3) is 8.61. The Bertz CT molecular complexity index is 3840. The molecule has 12 rings (SSSR count). The van der Waals surface area contributed by atoms with Gasteiger partial charge in [-0.1, -0.05) is 133 Å². The minimum absolute atomic E-state index is 0.580.